The molecule has 0 aliphatic carbocycles. The van der Waals surface area contributed by atoms with Crippen molar-refractivity contribution < 1.29 is 9.47 Å². The molecule has 3 unspecified atom stereocenters. The summed E-state index contributed by atoms with van der Waals surface area (Å²) in [7, 11) is 5.74. The molecular formula is C14H27N5O2. The number of nitrogens with one attached hydrogen (secondary N) is 1. The lowest BCUT2D eigenvalue weighted by atomic mass is 10.0. The summed E-state index contributed by atoms with van der Waals surface area (Å²) in [5.74, 6) is 6.55. The molecule has 0 radical (unpaired) electrons. The molecule has 2 rings (SSSR count). The summed E-state index contributed by atoms with van der Waals surface area (Å²) in [5.41, 5.74) is 3.85. The molecular weight excluding hydrogens is 270 g/mol. The number of hydrazine groups is 1. The average molecular weight is 297 g/mol. The predicted molar refractivity (Wildman–Crippen MR) is 81.0 cm³/mol. The molecule has 1 fully saturated rings. The zero-order chi connectivity index (χ0) is 15.4. The summed E-state index contributed by atoms with van der Waals surface area (Å²) in [6.45, 7) is 3.78. The summed E-state index contributed by atoms with van der Waals surface area (Å²) in [4.78, 5) is 2.12. The Morgan fingerprint density at radius 1 is 1.57 bits per heavy atom. The normalized spacial score (nSPS) is 23.7. The number of hydrogen-bond acceptors (Lipinski definition) is 6. The van der Waals surface area contributed by atoms with E-state index in [0.717, 1.165) is 37.4 Å². The van der Waals surface area contributed by atoms with Gasteiger partial charge < -0.3 is 14.4 Å². The third-order valence-corrected chi connectivity index (χ3v) is 3.93. The SMILES string of the molecule is COc1cnn(CCN(C)C)c1C(NN)C1CCC(C)O1. The summed E-state index contributed by atoms with van der Waals surface area (Å²) < 4.78 is 13.4. The molecule has 120 valence electrons. The van der Waals surface area contributed by atoms with Gasteiger partial charge in [0.25, 0.3) is 0 Å². The minimum atomic E-state index is -0.116. The van der Waals surface area contributed by atoms with Gasteiger partial charge in [0.1, 0.15) is 5.69 Å². The Labute approximate surface area is 126 Å². The Kier molecular flexibility index (Phi) is 5.58. The molecule has 1 aromatic rings. The smallest absolute Gasteiger partial charge is 0.161 e. The number of nitrogens with two attached hydrogens (primary N) is 1. The van der Waals surface area contributed by atoms with E-state index in [1.165, 1.54) is 0 Å². The van der Waals surface area contributed by atoms with Crippen molar-refractivity contribution in [1.82, 2.24) is 20.1 Å². The zero-order valence-corrected chi connectivity index (χ0v) is 13.4. The topological polar surface area (TPSA) is 77.6 Å². The second kappa shape index (κ2) is 7.22. The number of methoxy groups -OCH3 is 1. The quantitative estimate of drug-likeness (QED) is 0.564. The number of rotatable bonds is 7. The number of ether oxygens (including phenoxy) is 2. The van der Waals surface area contributed by atoms with E-state index in [4.69, 9.17) is 15.3 Å². The molecule has 0 amide bonds. The molecule has 1 aliphatic heterocycles. The minimum Gasteiger partial charge on any atom is -0.493 e. The van der Waals surface area contributed by atoms with Gasteiger partial charge in [-0.1, -0.05) is 0 Å². The molecule has 2 heterocycles. The van der Waals surface area contributed by atoms with Crippen molar-refractivity contribution in [2.75, 3.05) is 27.7 Å². The highest BCUT2D eigenvalue weighted by Gasteiger charge is 2.34. The molecule has 1 aliphatic rings. The van der Waals surface area contributed by atoms with Gasteiger partial charge in [0.2, 0.25) is 0 Å². The van der Waals surface area contributed by atoms with E-state index in [1.807, 2.05) is 18.8 Å². The molecule has 1 aromatic heterocycles. The number of likely N-dealkylation sites (N-methyl/N-ethyl adjacent to an activating group) is 1. The van der Waals surface area contributed by atoms with Crippen molar-refractivity contribution in [2.45, 2.75) is 44.6 Å². The molecule has 1 saturated heterocycles. The van der Waals surface area contributed by atoms with Crippen LogP contribution in [0.4, 0.5) is 0 Å². The standard InChI is InChI=1S/C14H27N5O2/c1-10-5-6-11(21-10)13(17-15)14-12(20-4)9-16-19(14)8-7-18(2)3/h9-11,13,17H,5-8,15H2,1-4H3. The Morgan fingerprint density at radius 2 is 2.33 bits per heavy atom. The molecule has 21 heavy (non-hydrogen) atoms. The maximum Gasteiger partial charge on any atom is 0.161 e. The van der Waals surface area contributed by atoms with E-state index in [0.29, 0.717) is 0 Å². The third kappa shape index (κ3) is 3.74. The van der Waals surface area contributed by atoms with Gasteiger partial charge in [-0.25, -0.2) is 5.43 Å². The van der Waals surface area contributed by atoms with Gasteiger partial charge in [-0.05, 0) is 33.9 Å². The van der Waals surface area contributed by atoms with Crippen LogP contribution in [0.3, 0.4) is 0 Å². The van der Waals surface area contributed by atoms with E-state index in [2.05, 4.69) is 22.3 Å². The summed E-state index contributed by atoms with van der Waals surface area (Å²) in [6, 6.07) is -0.116. The highest BCUT2D eigenvalue weighted by atomic mass is 16.5. The van der Waals surface area contributed by atoms with Gasteiger partial charge in [-0.2, -0.15) is 5.10 Å². The lowest BCUT2D eigenvalue weighted by molar-refractivity contribution is 0.0289. The van der Waals surface area contributed by atoms with Crippen LogP contribution < -0.4 is 16.0 Å². The van der Waals surface area contributed by atoms with E-state index < -0.39 is 0 Å². The van der Waals surface area contributed by atoms with Crippen LogP contribution in [0, 0.1) is 0 Å². The van der Waals surface area contributed by atoms with Crippen LogP contribution >= 0.6 is 0 Å². The first-order valence-electron chi connectivity index (χ1n) is 7.42. The molecule has 0 spiro atoms. The van der Waals surface area contributed by atoms with Gasteiger partial charge in [-0.15, -0.1) is 0 Å². The predicted octanol–water partition coefficient (Wildman–Crippen LogP) is 0.525. The Hall–Kier alpha value is -1.15. The largest absolute Gasteiger partial charge is 0.493 e. The maximum absolute atomic E-state index is 5.97. The van der Waals surface area contributed by atoms with Crippen LogP contribution in [0.5, 0.6) is 5.75 Å². The number of nitrogens with zero attached hydrogens (tertiary/aromatic N) is 3. The van der Waals surface area contributed by atoms with Crippen LogP contribution in [0.1, 0.15) is 31.5 Å². The van der Waals surface area contributed by atoms with Gasteiger partial charge in [0.15, 0.2) is 5.75 Å². The number of aromatic nitrogens is 2. The second-order valence-corrected chi connectivity index (χ2v) is 5.83. The first-order chi connectivity index (χ1) is 10.1. The highest BCUT2D eigenvalue weighted by Crippen LogP contribution is 2.34. The van der Waals surface area contributed by atoms with Gasteiger partial charge >= 0.3 is 0 Å². The van der Waals surface area contributed by atoms with Crippen LogP contribution in [0.15, 0.2) is 6.20 Å². The first kappa shape index (κ1) is 16.2. The van der Waals surface area contributed by atoms with Crippen LogP contribution in [0.25, 0.3) is 0 Å². The molecule has 7 nitrogen and oxygen atoms in total. The fraction of sp³-hybridized carbons (Fsp3) is 0.786. The summed E-state index contributed by atoms with van der Waals surface area (Å²) in [5, 5.41) is 4.43. The first-order valence-corrected chi connectivity index (χ1v) is 7.42. The van der Waals surface area contributed by atoms with E-state index in [-0.39, 0.29) is 18.2 Å². The molecule has 3 atom stereocenters. The van der Waals surface area contributed by atoms with Crippen LogP contribution in [0.2, 0.25) is 0 Å². The van der Waals surface area contributed by atoms with E-state index in [1.54, 1.807) is 13.3 Å². The van der Waals surface area contributed by atoms with Crippen molar-refractivity contribution in [2.24, 2.45) is 5.84 Å². The monoisotopic (exact) mass is 297 g/mol. The van der Waals surface area contributed by atoms with Crippen molar-refractivity contribution >= 4 is 0 Å². The Morgan fingerprint density at radius 3 is 2.86 bits per heavy atom. The second-order valence-electron chi connectivity index (χ2n) is 5.83. The lowest BCUT2D eigenvalue weighted by Gasteiger charge is -2.25. The van der Waals surface area contributed by atoms with Crippen LogP contribution in [-0.2, 0) is 11.3 Å². The van der Waals surface area contributed by atoms with Crippen molar-refractivity contribution in [1.29, 1.82) is 0 Å². The highest BCUT2D eigenvalue weighted by molar-refractivity contribution is 5.29. The van der Waals surface area contributed by atoms with Crippen molar-refractivity contribution in [3.63, 3.8) is 0 Å². The molecule has 0 bridgehead atoms. The minimum absolute atomic E-state index is 0.0497. The molecule has 7 heteroatoms. The summed E-state index contributed by atoms with van der Waals surface area (Å²) in [6.07, 6.45) is 4.10. The summed E-state index contributed by atoms with van der Waals surface area (Å²) >= 11 is 0. The molecule has 0 saturated carbocycles. The lowest BCUT2D eigenvalue weighted by Crippen LogP contribution is -2.38. The van der Waals surface area contributed by atoms with Gasteiger partial charge in [-0.3, -0.25) is 10.5 Å². The van der Waals surface area contributed by atoms with Gasteiger partial charge in [0.05, 0.1) is 38.1 Å². The van der Waals surface area contributed by atoms with Crippen molar-refractivity contribution in [3.05, 3.63) is 11.9 Å². The molecule has 0 aromatic carbocycles. The van der Waals surface area contributed by atoms with Gasteiger partial charge in [0, 0.05) is 6.54 Å². The fourth-order valence-corrected chi connectivity index (χ4v) is 2.76. The van der Waals surface area contributed by atoms with Crippen molar-refractivity contribution in [3.8, 4) is 5.75 Å². The Balaban J connectivity index is 2.23. The fourth-order valence-electron chi connectivity index (χ4n) is 2.76. The Bertz CT molecular complexity index is 449. The zero-order valence-electron chi connectivity index (χ0n) is 13.4. The average Bonchev–Trinajstić information content (AvgIpc) is 3.05. The molecule has 3 N–H and O–H groups in total. The van der Waals surface area contributed by atoms with Crippen LogP contribution in [-0.4, -0.2) is 54.6 Å². The number of hydrogen-bond donors (Lipinski definition) is 2. The third-order valence-electron chi connectivity index (χ3n) is 3.93. The van der Waals surface area contributed by atoms with E-state index >= 15 is 0 Å². The maximum atomic E-state index is 5.97. The van der Waals surface area contributed by atoms with E-state index in [9.17, 15) is 0 Å².